The van der Waals surface area contributed by atoms with Crippen molar-refractivity contribution < 1.29 is 9.59 Å². The summed E-state index contributed by atoms with van der Waals surface area (Å²) in [6.45, 7) is 4.09. The number of anilines is 1. The van der Waals surface area contributed by atoms with Gasteiger partial charge in [-0.05, 0) is 41.0 Å². The van der Waals surface area contributed by atoms with Crippen molar-refractivity contribution in [2.45, 2.75) is 20.4 Å². The number of amides is 2. The smallest absolute Gasteiger partial charge is 0.251 e. The molecule has 28 heavy (non-hydrogen) atoms. The lowest BCUT2D eigenvalue weighted by atomic mass is 10.0. The summed E-state index contributed by atoms with van der Waals surface area (Å²) in [7, 11) is 0. The van der Waals surface area contributed by atoms with Gasteiger partial charge in [-0.15, -0.1) is 0 Å². The Morgan fingerprint density at radius 2 is 1.50 bits per heavy atom. The zero-order valence-electron chi connectivity index (χ0n) is 16.1. The molecule has 3 rings (SSSR count). The third-order valence-corrected chi connectivity index (χ3v) is 4.43. The molecule has 0 fully saturated rings. The van der Waals surface area contributed by atoms with E-state index >= 15 is 0 Å². The molecular formula is C24H24N2O2. The van der Waals surface area contributed by atoms with Gasteiger partial charge in [0.1, 0.15) is 0 Å². The summed E-state index contributed by atoms with van der Waals surface area (Å²) in [6.07, 6.45) is 0. The van der Waals surface area contributed by atoms with Crippen LogP contribution in [0.3, 0.4) is 0 Å². The number of carbonyl (C=O) groups is 2. The van der Waals surface area contributed by atoms with Gasteiger partial charge < -0.3 is 10.6 Å². The quantitative estimate of drug-likeness (QED) is 0.648. The Morgan fingerprint density at radius 3 is 2.18 bits per heavy atom. The Labute approximate surface area is 165 Å². The number of carbonyl (C=O) groups excluding carboxylic acids is 2. The van der Waals surface area contributed by atoms with Crippen LogP contribution >= 0.6 is 0 Å². The van der Waals surface area contributed by atoms with E-state index in [0.29, 0.717) is 12.1 Å². The average Bonchev–Trinajstić information content (AvgIpc) is 2.73. The van der Waals surface area contributed by atoms with Crippen LogP contribution < -0.4 is 10.6 Å². The highest BCUT2D eigenvalue weighted by molar-refractivity contribution is 5.94. The highest BCUT2D eigenvalue weighted by Gasteiger charge is 2.09. The normalized spacial score (nSPS) is 10.5. The molecule has 0 atom stereocenters. The zero-order valence-corrected chi connectivity index (χ0v) is 16.1. The second-order valence-electron chi connectivity index (χ2n) is 6.97. The number of hydrogen-bond acceptors (Lipinski definition) is 2. The first-order chi connectivity index (χ1) is 13.5. The van der Waals surface area contributed by atoms with Crippen molar-refractivity contribution in [3.8, 4) is 11.1 Å². The van der Waals surface area contributed by atoms with E-state index in [9.17, 15) is 9.59 Å². The van der Waals surface area contributed by atoms with Gasteiger partial charge in [0.2, 0.25) is 5.91 Å². The maximum absolute atomic E-state index is 12.4. The van der Waals surface area contributed by atoms with Crippen LogP contribution in [0, 0.1) is 5.92 Å². The van der Waals surface area contributed by atoms with Crippen LogP contribution in [-0.4, -0.2) is 11.8 Å². The first-order valence-electron chi connectivity index (χ1n) is 9.36. The standard InChI is InChI=1S/C24H24N2O2/c1-17(2)23(27)26-22-10-6-7-18(15-22)16-25-24(28)21-13-11-20(12-14-21)19-8-4-3-5-9-19/h3-15,17H,16H2,1-2H3,(H,25,28)(H,26,27). The van der Waals surface area contributed by atoms with Gasteiger partial charge in [0.05, 0.1) is 0 Å². The van der Waals surface area contributed by atoms with Gasteiger partial charge in [-0.1, -0.05) is 68.4 Å². The van der Waals surface area contributed by atoms with Crippen LogP contribution in [0.4, 0.5) is 5.69 Å². The van der Waals surface area contributed by atoms with Crippen molar-refractivity contribution in [1.82, 2.24) is 5.32 Å². The van der Waals surface area contributed by atoms with Crippen LogP contribution in [0.15, 0.2) is 78.9 Å². The van der Waals surface area contributed by atoms with E-state index in [1.54, 1.807) is 0 Å². The van der Waals surface area contributed by atoms with Crippen LogP contribution in [-0.2, 0) is 11.3 Å². The molecule has 0 aliphatic rings. The summed E-state index contributed by atoms with van der Waals surface area (Å²) >= 11 is 0. The third-order valence-electron chi connectivity index (χ3n) is 4.43. The van der Waals surface area contributed by atoms with Crippen LogP contribution in [0.5, 0.6) is 0 Å². The van der Waals surface area contributed by atoms with Crippen molar-refractivity contribution in [2.24, 2.45) is 5.92 Å². The molecule has 0 heterocycles. The molecule has 0 aliphatic heterocycles. The van der Waals surface area contributed by atoms with Crippen LogP contribution in [0.25, 0.3) is 11.1 Å². The minimum absolute atomic E-state index is 0.0281. The Kier molecular flexibility index (Phi) is 6.22. The molecule has 2 N–H and O–H groups in total. The monoisotopic (exact) mass is 372 g/mol. The van der Waals surface area contributed by atoms with E-state index in [4.69, 9.17) is 0 Å². The Balaban J connectivity index is 1.60. The highest BCUT2D eigenvalue weighted by atomic mass is 16.2. The second-order valence-corrected chi connectivity index (χ2v) is 6.97. The maximum atomic E-state index is 12.4. The van der Waals surface area contributed by atoms with Gasteiger partial charge in [0.15, 0.2) is 0 Å². The molecule has 0 radical (unpaired) electrons. The first kappa shape index (κ1) is 19.4. The van der Waals surface area contributed by atoms with E-state index in [1.165, 1.54) is 0 Å². The molecule has 0 saturated heterocycles. The van der Waals surface area contributed by atoms with Crippen molar-refractivity contribution in [3.05, 3.63) is 90.0 Å². The molecule has 0 aliphatic carbocycles. The molecule has 4 heteroatoms. The predicted molar refractivity (Wildman–Crippen MR) is 113 cm³/mol. The minimum Gasteiger partial charge on any atom is -0.348 e. The highest BCUT2D eigenvalue weighted by Crippen LogP contribution is 2.19. The fourth-order valence-corrected chi connectivity index (χ4v) is 2.77. The Morgan fingerprint density at radius 1 is 0.821 bits per heavy atom. The number of hydrogen-bond donors (Lipinski definition) is 2. The SMILES string of the molecule is CC(C)C(=O)Nc1cccc(CNC(=O)c2ccc(-c3ccccc3)cc2)c1. The van der Waals surface area contributed by atoms with Gasteiger partial charge in [0, 0.05) is 23.7 Å². The van der Waals surface area contributed by atoms with E-state index in [2.05, 4.69) is 10.6 Å². The van der Waals surface area contributed by atoms with Crippen LogP contribution in [0.1, 0.15) is 29.8 Å². The van der Waals surface area contributed by atoms with E-state index < -0.39 is 0 Å². The molecule has 4 nitrogen and oxygen atoms in total. The van der Waals surface area contributed by atoms with Crippen molar-refractivity contribution in [2.75, 3.05) is 5.32 Å². The molecular weight excluding hydrogens is 348 g/mol. The lowest BCUT2D eigenvalue weighted by Gasteiger charge is -2.10. The molecule has 2 amide bonds. The molecule has 0 aromatic heterocycles. The van der Waals surface area contributed by atoms with Gasteiger partial charge >= 0.3 is 0 Å². The zero-order chi connectivity index (χ0) is 19.9. The maximum Gasteiger partial charge on any atom is 0.251 e. The van der Waals surface area contributed by atoms with E-state index in [-0.39, 0.29) is 17.7 Å². The van der Waals surface area contributed by atoms with Crippen molar-refractivity contribution in [3.63, 3.8) is 0 Å². The topological polar surface area (TPSA) is 58.2 Å². The largest absolute Gasteiger partial charge is 0.348 e. The van der Waals surface area contributed by atoms with Gasteiger partial charge in [-0.3, -0.25) is 9.59 Å². The van der Waals surface area contributed by atoms with Gasteiger partial charge in [-0.25, -0.2) is 0 Å². The number of nitrogens with one attached hydrogen (secondary N) is 2. The molecule has 0 saturated carbocycles. The summed E-state index contributed by atoms with van der Waals surface area (Å²) in [6, 6.07) is 25.1. The summed E-state index contributed by atoms with van der Waals surface area (Å²) in [5, 5.41) is 5.80. The molecule has 0 bridgehead atoms. The fraction of sp³-hybridized carbons (Fsp3) is 0.167. The lowest BCUT2D eigenvalue weighted by Crippen LogP contribution is -2.23. The molecule has 3 aromatic rings. The number of benzene rings is 3. The predicted octanol–water partition coefficient (Wildman–Crippen LogP) is 4.88. The second kappa shape index (κ2) is 9.00. The molecule has 0 unspecified atom stereocenters. The first-order valence-corrected chi connectivity index (χ1v) is 9.36. The Hall–Kier alpha value is -3.40. The molecule has 142 valence electrons. The summed E-state index contributed by atoms with van der Waals surface area (Å²) in [5.74, 6) is -0.238. The molecule has 3 aromatic carbocycles. The summed E-state index contributed by atoms with van der Waals surface area (Å²) in [5.41, 5.74) is 4.47. The van der Waals surface area contributed by atoms with Gasteiger partial charge in [0.25, 0.3) is 5.91 Å². The lowest BCUT2D eigenvalue weighted by molar-refractivity contribution is -0.118. The van der Waals surface area contributed by atoms with Crippen molar-refractivity contribution >= 4 is 17.5 Å². The third kappa shape index (κ3) is 5.07. The molecule has 0 spiro atoms. The summed E-state index contributed by atoms with van der Waals surface area (Å²) < 4.78 is 0. The summed E-state index contributed by atoms with van der Waals surface area (Å²) in [4.78, 5) is 24.3. The average molecular weight is 372 g/mol. The number of rotatable bonds is 6. The van der Waals surface area contributed by atoms with Crippen molar-refractivity contribution in [1.29, 1.82) is 0 Å². The fourth-order valence-electron chi connectivity index (χ4n) is 2.77. The van der Waals surface area contributed by atoms with E-state index in [0.717, 1.165) is 22.4 Å². The van der Waals surface area contributed by atoms with E-state index in [1.807, 2.05) is 92.7 Å². The Bertz CT molecular complexity index is 948. The van der Waals surface area contributed by atoms with Crippen LogP contribution in [0.2, 0.25) is 0 Å². The van der Waals surface area contributed by atoms with Gasteiger partial charge in [-0.2, -0.15) is 0 Å². The minimum atomic E-state index is -0.128.